The van der Waals surface area contributed by atoms with E-state index < -0.39 is 10.8 Å². The first-order chi connectivity index (χ1) is 7.11. The summed E-state index contributed by atoms with van der Waals surface area (Å²) in [5.41, 5.74) is 5.99. The van der Waals surface area contributed by atoms with E-state index in [4.69, 9.17) is 17.3 Å². The second-order valence-electron chi connectivity index (χ2n) is 2.98. The van der Waals surface area contributed by atoms with Crippen LogP contribution in [0.2, 0.25) is 5.15 Å². The smallest absolute Gasteiger partial charge is 0.157 e. The number of aromatic nitrogens is 2. The molecule has 0 aliphatic rings. The van der Waals surface area contributed by atoms with Crippen molar-refractivity contribution in [2.24, 2.45) is 0 Å². The standard InChI is InChI=1S/C8H13ClN4OS/c1-15(14)4-2-3-11-8-6(10)7(9)12-5-13-8/h5H,2-4,10H2,1H3,(H,11,12,13). The van der Waals surface area contributed by atoms with Crippen molar-refractivity contribution in [3.05, 3.63) is 11.5 Å². The van der Waals surface area contributed by atoms with Gasteiger partial charge in [-0.25, -0.2) is 9.97 Å². The molecule has 7 heteroatoms. The lowest BCUT2D eigenvalue weighted by molar-refractivity contribution is 0.685. The number of nitrogens with two attached hydrogens (primary N) is 1. The molecule has 0 aliphatic carbocycles. The van der Waals surface area contributed by atoms with Crippen molar-refractivity contribution in [3.63, 3.8) is 0 Å². The van der Waals surface area contributed by atoms with Crippen LogP contribution in [0.25, 0.3) is 0 Å². The Balaban J connectivity index is 2.44. The quantitative estimate of drug-likeness (QED) is 0.598. The summed E-state index contributed by atoms with van der Waals surface area (Å²) >= 11 is 5.71. The maximum Gasteiger partial charge on any atom is 0.157 e. The van der Waals surface area contributed by atoms with Crippen LogP contribution in [-0.4, -0.2) is 32.7 Å². The predicted octanol–water partition coefficient (Wildman–Crippen LogP) is 0.893. The van der Waals surface area contributed by atoms with E-state index in [-0.39, 0.29) is 5.15 Å². The minimum atomic E-state index is -0.763. The van der Waals surface area contributed by atoms with Gasteiger partial charge in [0.15, 0.2) is 11.0 Å². The topological polar surface area (TPSA) is 80.9 Å². The van der Waals surface area contributed by atoms with E-state index in [0.717, 1.165) is 6.42 Å². The van der Waals surface area contributed by atoms with Gasteiger partial charge in [0, 0.05) is 29.4 Å². The van der Waals surface area contributed by atoms with Gasteiger partial charge in [-0.2, -0.15) is 0 Å². The normalized spacial score (nSPS) is 12.4. The number of nitrogen functional groups attached to an aromatic ring is 1. The molecule has 0 saturated carbocycles. The molecule has 0 amide bonds. The van der Waals surface area contributed by atoms with Gasteiger partial charge in [-0.15, -0.1) is 0 Å². The number of hydrogen-bond donors (Lipinski definition) is 2. The second kappa shape index (κ2) is 5.87. The zero-order valence-corrected chi connectivity index (χ0v) is 9.94. The highest BCUT2D eigenvalue weighted by atomic mass is 35.5. The van der Waals surface area contributed by atoms with Gasteiger partial charge >= 0.3 is 0 Å². The largest absolute Gasteiger partial charge is 0.393 e. The summed E-state index contributed by atoms with van der Waals surface area (Å²) in [5.74, 6) is 1.18. The van der Waals surface area contributed by atoms with E-state index in [2.05, 4.69) is 15.3 Å². The third kappa shape index (κ3) is 4.01. The average Bonchev–Trinajstić information content (AvgIpc) is 2.18. The SMILES string of the molecule is CS(=O)CCCNc1ncnc(Cl)c1N. The van der Waals surface area contributed by atoms with Gasteiger partial charge in [0.25, 0.3) is 0 Å². The summed E-state index contributed by atoms with van der Waals surface area (Å²) in [6.45, 7) is 0.664. The minimum Gasteiger partial charge on any atom is -0.393 e. The van der Waals surface area contributed by atoms with E-state index >= 15 is 0 Å². The Morgan fingerprint density at radius 3 is 3.00 bits per heavy atom. The molecule has 5 nitrogen and oxygen atoms in total. The number of rotatable bonds is 5. The van der Waals surface area contributed by atoms with Crippen LogP contribution in [-0.2, 0) is 10.8 Å². The number of hydrogen-bond acceptors (Lipinski definition) is 5. The summed E-state index contributed by atoms with van der Waals surface area (Å²) in [7, 11) is -0.763. The fraction of sp³-hybridized carbons (Fsp3) is 0.500. The van der Waals surface area contributed by atoms with E-state index in [1.165, 1.54) is 6.33 Å². The molecule has 0 radical (unpaired) electrons. The Morgan fingerprint density at radius 1 is 1.60 bits per heavy atom. The molecule has 0 saturated heterocycles. The Morgan fingerprint density at radius 2 is 2.33 bits per heavy atom. The lowest BCUT2D eigenvalue weighted by atomic mass is 10.4. The number of halogens is 1. The number of nitrogens with zero attached hydrogens (tertiary/aromatic N) is 2. The zero-order valence-electron chi connectivity index (χ0n) is 8.36. The van der Waals surface area contributed by atoms with Gasteiger partial charge in [-0.1, -0.05) is 11.6 Å². The molecule has 1 aromatic heterocycles. The first kappa shape index (κ1) is 12.2. The predicted molar refractivity (Wildman–Crippen MR) is 63.5 cm³/mol. The molecule has 0 fully saturated rings. The first-order valence-corrected chi connectivity index (χ1v) is 6.51. The highest BCUT2D eigenvalue weighted by molar-refractivity contribution is 7.84. The van der Waals surface area contributed by atoms with Crippen molar-refractivity contribution >= 4 is 33.9 Å². The van der Waals surface area contributed by atoms with Crippen molar-refractivity contribution in [3.8, 4) is 0 Å². The van der Waals surface area contributed by atoms with E-state index in [9.17, 15) is 4.21 Å². The van der Waals surface area contributed by atoms with Crippen molar-refractivity contribution in [1.82, 2.24) is 9.97 Å². The van der Waals surface area contributed by atoms with Gasteiger partial charge in [-0.05, 0) is 6.42 Å². The molecule has 1 unspecified atom stereocenters. The maximum atomic E-state index is 10.8. The van der Waals surface area contributed by atoms with Crippen molar-refractivity contribution < 1.29 is 4.21 Å². The van der Waals surface area contributed by atoms with E-state index in [1.807, 2.05) is 0 Å². The van der Waals surface area contributed by atoms with E-state index in [1.54, 1.807) is 6.26 Å². The van der Waals surface area contributed by atoms with Gasteiger partial charge in [0.2, 0.25) is 0 Å². The summed E-state index contributed by atoms with van der Waals surface area (Å²) in [6, 6.07) is 0. The summed E-state index contributed by atoms with van der Waals surface area (Å²) in [6.07, 6.45) is 3.82. The second-order valence-corrected chi connectivity index (χ2v) is 4.90. The highest BCUT2D eigenvalue weighted by Crippen LogP contribution is 2.21. The molecule has 15 heavy (non-hydrogen) atoms. The Hall–Kier alpha value is -0.880. The molecule has 1 aromatic rings. The third-order valence-corrected chi connectivity index (χ3v) is 2.90. The molecular formula is C8H13ClN4OS. The molecule has 0 spiro atoms. The fourth-order valence-corrected chi connectivity index (χ4v) is 1.68. The first-order valence-electron chi connectivity index (χ1n) is 4.41. The summed E-state index contributed by atoms with van der Waals surface area (Å²) in [5, 5.41) is 3.26. The van der Waals surface area contributed by atoms with Crippen LogP contribution in [0.3, 0.4) is 0 Å². The molecule has 1 atom stereocenters. The highest BCUT2D eigenvalue weighted by Gasteiger charge is 2.04. The van der Waals surface area contributed by atoms with Crippen LogP contribution in [0.15, 0.2) is 6.33 Å². The van der Waals surface area contributed by atoms with Crippen molar-refractivity contribution in [2.45, 2.75) is 6.42 Å². The minimum absolute atomic E-state index is 0.242. The molecular weight excluding hydrogens is 236 g/mol. The summed E-state index contributed by atoms with van der Waals surface area (Å²) < 4.78 is 10.8. The van der Waals surface area contributed by atoms with Crippen LogP contribution < -0.4 is 11.1 Å². The maximum absolute atomic E-state index is 10.8. The monoisotopic (exact) mass is 248 g/mol. The molecule has 3 N–H and O–H groups in total. The zero-order chi connectivity index (χ0) is 11.3. The summed E-state index contributed by atoms with van der Waals surface area (Å²) in [4.78, 5) is 7.68. The number of anilines is 2. The van der Waals surface area contributed by atoms with Crippen LogP contribution in [0.4, 0.5) is 11.5 Å². The van der Waals surface area contributed by atoms with Crippen molar-refractivity contribution in [1.29, 1.82) is 0 Å². The fourth-order valence-electron chi connectivity index (χ4n) is 0.997. The molecule has 1 heterocycles. The van der Waals surface area contributed by atoms with Crippen LogP contribution in [0.1, 0.15) is 6.42 Å². The van der Waals surface area contributed by atoms with Gasteiger partial charge in [-0.3, -0.25) is 4.21 Å². The Kier molecular flexibility index (Phi) is 4.77. The van der Waals surface area contributed by atoms with Crippen LogP contribution in [0, 0.1) is 0 Å². The molecule has 0 aliphatic heterocycles. The lowest BCUT2D eigenvalue weighted by Gasteiger charge is -2.07. The van der Waals surface area contributed by atoms with Crippen molar-refractivity contribution in [2.75, 3.05) is 29.6 Å². The molecule has 0 aromatic carbocycles. The van der Waals surface area contributed by atoms with Crippen LogP contribution in [0.5, 0.6) is 0 Å². The average molecular weight is 249 g/mol. The lowest BCUT2D eigenvalue weighted by Crippen LogP contribution is -2.09. The third-order valence-electron chi connectivity index (χ3n) is 1.74. The molecule has 0 bridgehead atoms. The Labute approximate surface area is 95.9 Å². The Bertz CT molecular complexity index is 360. The van der Waals surface area contributed by atoms with Gasteiger partial charge in [0.1, 0.15) is 12.0 Å². The number of nitrogens with one attached hydrogen (secondary N) is 1. The molecule has 1 rings (SSSR count). The van der Waals surface area contributed by atoms with Crippen LogP contribution >= 0.6 is 11.6 Å². The van der Waals surface area contributed by atoms with Gasteiger partial charge in [0.05, 0.1) is 0 Å². The van der Waals surface area contributed by atoms with E-state index in [0.29, 0.717) is 23.8 Å². The van der Waals surface area contributed by atoms with Gasteiger partial charge < -0.3 is 11.1 Å². The molecule has 84 valence electrons.